The maximum atomic E-state index is 11.5. The van der Waals surface area contributed by atoms with Crippen LogP contribution in [0.3, 0.4) is 0 Å². The van der Waals surface area contributed by atoms with Gasteiger partial charge in [-0.15, -0.1) is 6.58 Å². The van der Waals surface area contributed by atoms with Crippen molar-refractivity contribution in [3.63, 3.8) is 0 Å². The van der Waals surface area contributed by atoms with Crippen LogP contribution in [0.15, 0.2) is 12.7 Å². The van der Waals surface area contributed by atoms with Crippen LogP contribution in [0.4, 0.5) is 0 Å². The van der Waals surface area contributed by atoms with Crippen molar-refractivity contribution >= 4 is 5.91 Å². The molecule has 14 heavy (non-hydrogen) atoms. The monoisotopic (exact) mass is 201 g/mol. The van der Waals surface area contributed by atoms with E-state index in [4.69, 9.17) is 9.84 Å². The molecule has 0 bridgehead atoms. The van der Waals surface area contributed by atoms with Gasteiger partial charge in [-0.05, 0) is 13.8 Å². The van der Waals surface area contributed by atoms with E-state index in [1.54, 1.807) is 6.08 Å². The van der Waals surface area contributed by atoms with Crippen LogP contribution in [-0.4, -0.2) is 48.3 Å². The highest BCUT2D eigenvalue weighted by Crippen LogP contribution is 1.94. The number of hydrogen-bond acceptors (Lipinski definition) is 3. The van der Waals surface area contributed by atoms with Crippen molar-refractivity contribution in [3.8, 4) is 0 Å². The van der Waals surface area contributed by atoms with Gasteiger partial charge in [-0.25, -0.2) is 0 Å². The SMILES string of the molecule is C=CCN(CCO)C(=O)COC(C)C. The molecule has 0 aliphatic heterocycles. The predicted octanol–water partition coefficient (Wildman–Crippen LogP) is 0.418. The van der Waals surface area contributed by atoms with Crippen LogP contribution in [0.2, 0.25) is 0 Å². The van der Waals surface area contributed by atoms with Crippen molar-refractivity contribution in [2.75, 3.05) is 26.3 Å². The highest BCUT2D eigenvalue weighted by atomic mass is 16.5. The Bertz CT molecular complexity index is 180. The molecule has 4 nitrogen and oxygen atoms in total. The van der Waals surface area contributed by atoms with Crippen molar-refractivity contribution in [2.24, 2.45) is 0 Å². The van der Waals surface area contributed by atoms with Crippen LogP contribution in [0.25, 0.3) is 0 Å². The van der Waals surface area contributed by atoms with E-state index in [9.17, 15) is 4.79 Å². The van der Waals surface area contributed by atoms with Gasteiger partial charge in [0, 0.05) is 13.1 Å². The molecule has 1 amide bonds. The minimum absolute atomic E-state index is 0.0404. The Kier molecular flexibility index (Phi) is 7.06. The minimum Gasteiger partial charge on any atom is -0.395 e. The third-order valence-corrected chi connectivity index (χ3v) is 1.61. The fraction of sp³-hybridized carbons (Fsp3) is 0.700. The second-order valence-electron chi connectivity index (χ2n) is 3.21. The molecule has 0 atom stereocenters. The molecule has 0 aliphatic carbocycles. The van der Waals surface area contributed by atoms with E-state index in [0.29, 0.717) is 13.1 Å². The molecule has 0 aliphatic rings. The summed E-state index contributed by atoms with van der Waals surface area (Å²) in [6.45, 7) is 8.08. The summed E-state index contributed by atoms with van der Waals surface area (Å²) >= 11 is 0. The molecule has 0 fully saturated rings. The summed E-state index contributed by atoms with van der Waals surface area (Å²) < 4.78 is 5.17. The number of amides is 1. The Balaban J connectivity index is 3.94. The maximum Gasteiger partial charge on any atom is 0.248 e. The minimum atomic E-state index is -0.118. The fourth-order valence-corrected chi connectivity index (χ4v) is 0.924. The predicted molar refractivity (Wildman–Crippen MR) is 55.0 cm³/mol. The lowest BCUT2D eigenvalue weighted by molar-refractivity contribution is -0.137. The topological polar surface area (TPSA) is 49.8 Å². The molecule has 0 saturated heterocycles. The van der Waals surface area contributed by atoms with Crippen LogP contribution in [0, 0.1) is 0 Å². The first-order valence-electron chi connectivity index (χ1n) is 4.73. The molecule has 4 heteroatoms. The summed E-state index contributed by atoms with van der Waals surface area (Å²) in [7, 11) is 0. The van der Waals surface area contributed by atoms with E-state index in [1.165, 1.54) is 4.90 Å². The summed E-state index contributed by atoms with van der Waals surface area (Å²) in [5.74, 6) is -0.118. The van der Waals surface area contributed by atoms with Gasteiger partial charge in [-0.2, -0.15) is 0 Å². The first-order valence-corrected chi connectivity index (χ1v) is 4.73. The number of nitrogens with zero attached hydrogens (tertiary/aromatic N) is 1. The molecule has 0 spiro atoms. The first kappa shape index (κ1) is 13.1. The second kappa shape index (κ2) is 7.53. The standard InChI is InChI=1S/C10H19NO3/c1-4-5-11(6-7-12)10(13)8-14-9(2)3/h4,9,12H,1,5-8H2,2-3H3. The zero-order valence-electron chi connectivity index (χ0n) is 8.90. The summed E-state index contributed by atoms with van der Waals surface area (Å²) in [4.78, 5) is 13.0. The van der Waals surface area contributed by atoms with E-state index in [2.05, 4.69) is 6.58 Å². The number of aliphatic hydroxyl groups is 1. The molecular formula is C10H19NO3. The average Bonchev–Trinajstić information content (AvgIpc) is 2.14. The summed E-state index contributed by atoms with van der Waals surface area (Å²) in [6.07, 6.45) is 1.67. The van der Waals surface area contributed by atoms with Gasteiger partial charge in [-0.3, -0.25) is 4.79 Å². The second-order valence-corrected chi connectivity index (χ2v) is 3.21. The van der Waals surface area contributed by atoms with Crippen molar-refractivity contribution in [3.05, 3.63) is 12.7 Å². The quantitative estimate of drug-likeness (QED) is 0.607. The van der Waals surface area contributed by atoms with Crippen LogP contribution >= 0.6 is 0 Å². The Hall–Kier alpha value is -0.870. The molecule has 0 saturated carbocycles. The Morgan fingerprint density at radius 3 is 2.71 bits per heavy atom. The van der Waals surface area contributed by atoms with E-state index in [0.717, 1.165) is 0 Å². The highest BCUT2D eigenvalue weighted by Gasteiger charge is 2.11. The van der Waals surface area contributed by atoms with Crippen molar-refractivity contribution in [1.29, 1.82) is 0 Å². The molecule has 0 heterocycles. The number of rotatable bonds is 7. The molecule has 0 radical (unpaired) electrons. The van der Waals surface area contributed by atoms with Gasteiger partial charge in [0.15, 0.2) is 0 Å². The first-order chi connectivity index (χ1) is 6.61. The summed E-state index contributed by atoms with van der Waals surface area (Å²) in [5.41, 5.74) is 0. The van der Waals surface area contributed by atoms with Crippen LogP contribution in [0.1, 0.15) is 13.8 Å². The third kappa shape index (κ3) is 5.72. The van der Waals surface area contributed by atoms with E-state index >= 15 is 0 Å². The lowest BCUT2D eigenvalue weighted by atomic mass is 10.4. The average molecular weight is 201 g/mol. The number of aliphatic hydroxyl groups excluding tert-OH is 1. The van der Waals surface area contributed by atoms with Crippen molar-refractivity contribution in [1.82, 2.24) is 4.90 Å². The Morgan fingerprint density at radius 1 is 1.64 bits per heavy atom. The smallest absolute Gasteiger partial charge is 0.248 e. The Morgan fingerprint density at radius 2 is 2.29 bits per heavy atom. The molecule has 0 aromatic heterocycles. The number of ether oxygens (including phenoxy) is 1. The van der Waals surface area contributed by atoms with E-state index < -0.39 is 0 Å². The lowest BCUT2D eigenvalue weighted by Gasteiger charge is -2.20. The van der Waals surface area contributed by atoms with Gasteiger partial charge in [0.2, 0.25) is 5.91 Å². The van der Waals surface area contributed by atoms with Crippen molar-refractivity contribution in [2.45, 2.75) is 20.0 Å². The van der Waals surface area contributed by atoms with E-state index in [1.807, 2.05) is 13.8 Å². The number of carbonyl (C=O) groups excluding carboxylic acids is 1. The molecule has 0 aromatic carbocycles. The summed E-state index contributed by atoms with van der Waals surface area (Å²) in [5, 5.41) is 8.72. The van der Waals surface area contributed by atoms with Gasteiger partial charge in [0.05, 0.1) is 12.7 Å². The summed E-state index contributed by atoms with van der Waals surface area (Å²) in [6, 6.07) is 0. The normalized spacial score (nSPS) is 10.3. The van der Waals surface area contributed by atoms with Gasteiger partial charge in [0.1, 0.15) is 6.61 Å². The van der Waals surface area contributed by atoms with Crippen LogP contribution in [-0.2, 0) is 9.53 Å². The molecule has 0 unspecified atom stereocenters. The van der Waals surface area contributed by atoms with Gasteiger partial charge in [-0.1, -0.05) is 6.08 Å². The van der Waals surface area contributed by atoms with E-state index in [-0.39, 0.29) is 25.2 Å². The highest BCUT2D eigenvalue weighted by molar-refractivity contribution is 5.77. The number of carbonyl (C=O) groups is 1. The van der Waals surface area contributed by atoms with Gasteiger partial charge in [0.25, 0.3) is 0 Å². The fourth-order valence-electron chi connectivity index (χ4n) is 0.924. The largest absolute Gasteiger partial charge is 0.395 e. The van der Waals surface area contributed by atoms with Gasteiger partial charge >= 0.3 is 0 Å². The zero-order valence-corrected chi connectivity index (χ0v) is 8.90. The zero-order chi connectivity index (χ0) is 11.0. The molecular weight excluding hydrogens is 182 g/mol. The lowest BCUT2D eigenvalue weighted by Crippen LogP contribution is -2.36. The molecule has 82 valence electrons. The van der Waals surface area contributed by atoms with Crippen molar-refractivity contribution < 1.29 is 14.6 Å². The maximum absolute atomic E-state index is 11.5. The van der Waals surface area contributed by atoms with Crippen LogP contribution in [0.5, 0.6) is 0 Å². The third-order valence-electron chi connectivity index (χ3n) is 1.61. The molecule has 1 N–H and O–H groups in total. The van der Waals surface area contributed by atoms with Gasteiger partial charge < -0.3 is 14.7 Å². The molecule has 0 rings (SSSR count). The Labute approximate surface area is 85.2 Å². The van der Waals surface area contributed by atoms with Crippen LogP contribution < -0.4 is 0 Å². The number of hydrogen-bond donors (Lipinski definition) is 1. The molecule has 0 aromatic rings.